The summed E-state index contributed by atoms with van der Waals surface area (Å²) >= 11 is 1.58. The summed E-state index contributed by atoms with van der Waals surface area (Å²) in [5, 5.41) is 22.2. The maximum atomic E-state index is 12.6. The summed E-state index contributed by atoms with van der Waals surface area (Å²) in [6.07, 6.45) is -0.635. The third kappa shape index (κ3) is 3.10. The highest BCUT2D eigenvalue weighted by molar-refractivity contribution is 7.13. The SMILES string of the molecule is CC(C)(C)OC(=O)n1c(B(O)O)cc2c(-c3cccs3)cccc21. The van der Waals surface area contributed by atoms with E-state index in [1.165, 1.54) is 4.57 Å². The monoisotopic (exact) mass is 343 g/mol. The van der Waals surface area contributed by atoms with Gasteiger partial charge in [-0.2, -0.15) is 0 Å². The minimum Gasteiger partial charge on any atom is -0.443 e. The van der Waals surface area contributed by atoms with E-state index in [9.17, 15) is 14.8 Å². The molecule has 0 bridgehead atoms. The van der Waals surface area contributed by atoms with Crippen LogP contribution in [0, 0.1) is 0 Å². The van der Waals surface area contributed by atoms with Crippen LogP contribution in [0.2, 0.25) is 0 Å². The van der Waals surface area contributed by atoms with Crippen molar-refractivity contribution in [1.82, 2.24) is 4.57 Å². The van der Waals surface area contributed by atoms with E-state index in [-0.39, 0.29) is 5.59 Å². The molecule has 0 atom stereocenters. The molecule has 0 unspecified atom stereocenters. The van der Waals surface area contributed by atoms with E-state index in [0.717, 1.165) is 15.8 Å². The van der Waals surface area contributed by atoms with Crippen LogP contribution in [0.3, 0.4) is 0 Å². The molecule has 0 amide bonds. The van der Waals surface area contributed by atoms with Gasteiger partial charge in [0.1, 0.15) is 5.60 Å². The van der Waals surface area contributed by atoms with E-state index < -0.39 is 18.8 Å². The molecule has 2 N–H and O–H groups in total. The fourth-order valence-electron chi connectivity index (χ4n) is 2.60. The Kier molecular flexibility index (Phi) is 4.25. The van der Waals surface area contributed by atoms with Crippen LogP contribution in [0.4, 0.5) is 4.79 Å². The van der Waals surface area contributed by atoms with E-state index in [1.807, 2.05) is 29.6 Å². The molecule has 5 nitrogen and oxygen atoms in total. The van der Waals surface area contributed by atoms with Crippen LogP contribution in [-0.2, 0) is 4.74 Å². The lowest BCUT2D eigenvalue weighted by atomic mass is 9.86. The van der Waals surface area contributed by atoms with Gasteiger partial charge in [-0.25, -0.2) is 4.79 Å². The first-order chi connectivity index (χ1) is 11.3. The molecule has 7 heteroatoms. The van der Waals surface area contributed by atoms with Crippen molar-refractivity contribution < 1.29 is 19.6 Å². The first-order valence-electron chi connectivity index (χ1n) is 7.55. The minimum atomic E-state index is -1.78. The van der Waals surface area contributed by atoms with Gasteiger partial charge in [-0.15, -0.1) is 11.3 Å². The van der Waals surface area contributed by atoms with Gasteiger partial charge < -0.3 is 14.8 Å². The van der Waals surface area contributed by atoms with Gasteiger partial charge in [-0.05, 0) is 44.4 Å². The Morgan fingerprint density at radius 2 is 1.96 bits per heavy atom. The van der Waals surface area contributed by atoms with E-state index in [2.05, 4.69) is 0 Å². The number of carbonyl (C=O) groups is 1. The molecule has 124 valence electrons. The molecule has 3 aromatic rings. The molecule has 0 aliphatic heterocycles. The van der Waals surface area contributed by atoms with Crippen LogP contribution in [0.15, 0.2) is 41.8 Å². The second kappa shape index (κ2) is 6.09. The molecule has 0 fully saturated rings. The lowest BCUT2D eigenvalue weighted by Gasteiger charge is -2.21. The summed E-state index contributed by atoms with van der Waals surface area (Å²) in [5.74, 6) is 0. The average Bonchev–Trinajstić information content (AvgIpc) is 3.12. The summed E-state index contributed by atoms with van der Waals surface area (Å²) in [4.78, 5) is 13.6. The quantitative estimate of drug-likeness (QED) is 0.702. The molecule has 0 saturated carbocycles. The zero-order valence-electron chi connectivity index (χ0n) is 13.7. The number of hydrogen-bond acceptors (Lipinski definition) is 5. The minimum absolute atomic E-state index is 0.0863. The fourth-order valence-corrected chi connectivity index (χ4v) is 3.37. The average molecular weight is 343 g/mol. The second-order valence-corrected chi connectivity index (χ2v) is 7.42. The van der Waals surface area contributed by atoms with Crippen LogP contribution in [0.5, 0.6) is 0 Å². The highest BCUT2D eigenvalue weighted by Crippen LogP contribution is 2.32. The number of hydrogen-bond donors (Lipinski definition) is 2. The van der Waals surface area contributed by atoms with Crippen LogP contribution in [0.1, 0.15) is 20.8 Å². The standard InChI is InChI=1S/C17H18BNO4S/c1-17(2,3)23-16(20)19-13-7-4-6-11(14-8-5-9-24-14)12(13)10-15(19)18(21)22/h4-10,21-22H,1-3H3. The first kappa shape index (κ1) is 16.8. The zero-order valence-corrected chi connectivity index (χ0v) is 14.5. The number of nitrogens with zero attached hydrogens (tertiary/aromatic N) is 1. The Morgan fingerprint density at radius 3 is 2.54 bits per heavy atom. The maximum absolute atomic E-state index is 12.6. The Hall–Kier alpha value is -2.09. The van der Waals surface area contributed by atoms with Gasteiger partial charge in [0.05, 0.1) is 11.1 Å². The molecule has 0 saturated heterocycles. The summed E-state index contributed by atoms with van der Waals surface area (Å²) in [6, 6.07) is 11.1. The van der Waals surface area contributed by atoms with Gasteiger partial charge in [0, 0.05) is 15.8 Å². The highest BCUT2D eigenvalue weighted by atomic mass is 32.1. The summed E-state index contributed by atoms with van der Waals surface area (Å²) in [6.45, 7) is 5.30. The van der Waals surface area contributed by atoms with Crippen LogP contribution >= 0.6 is 11.3 Å². The molecular formula is C17H18BNO4S. The lowest BCUT2D eigenvalue weighted by Crippen LogP contribution is -2.40. The molecule has 0 aliphatic rings. The second-order valence-electron chi connectivity index (χ2n) is 6.47. The Bertz CT molecular complexity index is 878. The van der Waals surface area contributed by atoms with E-state index in [4.69, 9.17) is 4.74 Å². The van der Waals surface area contributed by atoms with Crippen LogP contribution < -0.4 is 5.59 Å². The molecule has 0 radical (unpaired) electrons. The molecule has 2 heterocycles. The van der Waals surface area contributed by atoms with Crippen molar-refractivity contribution >= 4 is 41.0 Å². The van der Waals surface area contributed by atoms with E-state index >= 15 is 0 Å². The van der Waals surface area contributed by atoms with Crippen molar-refractivity contribution in [3.05, 3.63) is 41.8 Å². The largest absolute Gasteiger partial charge is 0.506 e. The fraction of sp³-hybridized carbons (Fsp3) is 0.235. The molecule has 2 aromatic heterocycles. The molecule has 0 aliphatic carbocycles. The number of aromatic nitrogens is 1. The Morgan fingerprint density at radius 1 is 1.21 bits per heavy atom. The van der Waals surface area contributed by atoms with E-state index in [1.54, 1.807) is 44.2 Å². The smallest absolute Gasteiger partial charge is 0.443 e. The Labute approximate surface area is 144 Å². The van der Waals surface area contributed by atoms with Crippen molar-refractivity contribution in [1.29, 1.82) is 0 Å². The summed E-state index contributed by atoms with van der Waals surface area (Å²) in [5.41, 5.74) is 0.921. The number of fused-ring (bicyclic) bond motifs is 1. The van der Waals surface area contributed by atoms with Crippen molar-refractivity contribution in [2.45, 2.75) is 26.4 Å². The van der Waals surface area contributed by atoms with Gasteiger partial charge in [0.15, 0.2) is 0 Å². The van der Waals surface area contributed by atoms with Gasteiger partial charge in [0.25, 0.3) is 0 Å². The number of carbonyl (C=O) groups excluding carboxylic acids is 1. The van der Waals surface area contributed by atoms with E-state index in [0.29, 0.717) is 5.52 Å². The van der Waals surface area contributed by atoms with Crippen molar-refractivity contribution in [2.24, 2.45) is 0 Å². The topological polar surface area (TPSA) is 71.7 Å². The normalized spacial score (nSPS) is 11.7. The van der Waals surface area contributed by atoms with Gasteiger partial charge >= 0.3 is 13.2 Å². The predicted molar refractivity (Wildman–Crippen MR) is 96.7 cm³/mol. The first-order valence-corrected chi connectivity index (χ1v) is 8.43. The molecule has 1 aromatic carbocycles. The maximum Gasteiger partial charge on any atom is 0.506 e. The van der Waals surface area contributed by atoms with Crippen molar-refractivity contribution in [3.63, 3.8) is 0 Å². The molecule has 24 heavy (non-hydrogen) atoms. The highest BCUT2D eigenvalue weighted by Gasteiger charge is 2.27. The number of thiophene rings is 1. The van der Waals surface area contributed by atoms with Crippen molar-refractivity contribution in [2.75, 3.05) is 0 Å². The van der Waals surface area contributed by atoms with Gasteiger partial charge in [0.2, 0.25) is 0 Å². The predicted octanol–water partition coefficient (Wildman–Crippen LogP) is 2.83. The third-order valence-corrected chi connectivity index (χ3v) is 4.40. The number of ether oxygens (including phenoxy) is 1. The zero-order chi connectivity index (χ0) is 17.5. The Balaban J connectivity index is 2.23. The lowest BCUT2D eigenvalue weighted by molar-refractivity contribution is 0.0548. The molecular weight excluding hydrogens is 325 g/mol. The summed E-state index contributed by atoms with van der Waals surface area (Å²) < 4.78 is 6.64. The van der Waals surface area contributed by atoms with Gasteiger partial charge in [-0.3, -0.25) is 4.57 Å². The number of rotatable bonds is 2. The summed E-state index contributed by atoms with van der Waals surface area (Å²) in [7, 11) is -1.78. The van der Waals surface area contributed by atoms with Crippen LogP contribution in [-0.4, -0.2) is 33.4 Å². The van der Waals surface area contributed by atoms with Crippen molar-refractivity contribution in [3.8, 4) is 10.4 Å². The number of benzene rings is 1. The van der Waals surface area contributed by atoms with Crippen LogP contribution in [0.25, 0.3) is 21.3 Å². The molecule has 3 rings (SSSR count). The third-order valence-electron chi connectivity index (χ3n) is 3.50. The molecule has 0 spiro atoms. The van der Waals surface area contributed by atoms with Gasteiger partial charge in [-0.1, -0.05) is 18.2 Å².